The van der Waals surface area contributed by atoms with E-state index < -0.39 is 5.97 Å². The third-order valence-corrected chi connectivity index (χ3v) is 5.12. The fourth-order valence-corrected chi connectivity index (χ4v) is 3.67. The molecule has 0 spiro atoms. The Morgan fingerprint density at radius 1 is 1.38 bits per heavy atom. The Labute approximate surface area is 130 Å². The van der Waals surface area contributed by atoms with E-state index in [1.807, 2.05) is 24.4 Å². The van der Waals surface area contributed by atoms with Gasteiger partial charge in [0.15, 0.2) is 0 Å². The molecule has 0 saturated heterocycles. The number of aryl methyl sites for hydroxylation is 1. The van der Waals surface area contributed by atoms with E-state index >= 15 is 0 Å². The first-order chi connectivity index (χ1) is 9.90. The summed E-state index contributed by atoms with van der Waals surface area (Å²) >= 11 is 2.86. The first kappa shape index (κ1) is 15.5. The molecule has 0 aromatic carbocycles. The molecule has 2 aromatic heterocycles. The van der Waals surface area contributed by atoms with Crippen LogP contribution in [0.3, 0.4) is 0 Å². The third-order valence-electron chi connectivity index (χ3n) is 3.14. The van der Waals surface area contributed by atoms with Crippen LogP contribution in [-0.4, -0.2) is 29.1 Å². The van der Waals surface area contributed by atoms with Crippen molar-refractivity contribution in [1.29, 1.82) is 0 Å². The molecular weight excluding hydrogens is 308 g/mol. The van der Waals surface area contributed by atoms with E-state index in [1.165, 1.54) is 16.2 Å². The van der Waals surface area contributed by atoms with Gasteiger partial charge in [-0.1, -0.05) is 6.07 Å². The van der Waals surface area contributed by atoms with Gasteiger partial charge in [-0.15, -0.1) is 22.7 Å². The quantitative estimate of drug-likeness (QED) is 0.899. The van der Waals surface area contributed by atoms with Crippen LogP contribution >= 0.6 is 22.7 Å². The van der Waals surface area contributed by atoms with Gasteiger partial charge in [0.1, 0.15) is 5.00 Å². The maximum absolute atomic E-state index is 12.2. The average molecular weight is 324 g/mol. The van der Waals surface area contributed by atoms with Crippen LogP contribution in [0, 0.1) is 13.8 Å². The highest BCUT2D eigenvalue weighted by Gasteiger charge is 2.21. The molecule has 7 heteroatoms. The van der Waals surface area contributed by atoms with Crippen LogP contribution in [0.1, 0.15) is 25.7 Å². The highest BCUT2D eigenvalue weighted by Crippen LogP contribution is 2.32. The Hall–Kier alpha value is -1.86. The van der Waals surface area contributed by atoms with E-state index in [0.717, 1.165) is 9.75 Å². The monoisotopic (exact) mass is 324 g/mol. The van der Waals surface area contributed by atoms with Gasteiger partial charge in [-0.05, 0) is 30.9 Å². The molecule has 112 valence electrons. The number of aromatic carboxylic acids is 1. The fraction of sp³-hybridized carbons (Fsp3) is 0.286. The lowest BCUT2D eigenvalue weighted by molar-refractivity contribution is 0.0697. The summed E-state index contributed by atoms with van der Waals surface area (Å²) in [7, 11) is 1.68. The average Bonchev–Trinajstić information content (AvgIpc) is 2.99. The maximum atomic E-state index is 12.2. The van der Waals surface area contributed by atoms with Crippen molar-refractivity contribution in [3.05, 3.63) is 38.4 Å². The minimum Gasteiger partial charge on any atom is -0.478 e. The molecular formula is C14H16N2O3S2. The Kier molecular flexibility index (Phi) is 4.64. The molecule has 0 radical (unpaired) electrons. The highest BCUT2D eigenvalue weighted by atomic mass is 32.1. The lowest BCUT2D eigenvalue weighted by Gasteiger charge is -2.16. The number of hydrogen-bond acceptors (Lipinski definition) is 4. The maximum Gasteiger partial charge on any atom is 0.338 e. The lowest BCUT2D eigenvalue weighted by Crippen LogP contribution is -2.30. The molecule has 0 unspecified atom stereocenters. The van der Waals surface area contributed by atoms with Crippen molar-refractivity contribution in [2.45, 2.75) is 20.4 Å². The van der Waals surface area contributed by atoms with E-state index in [2.05, 4.69) is 5.32 Å². The van der Waals surface area contributed by atoms with Crippen LogP contribution in [0.4, 0.5) is 9.80 Å². The van der Waals surface area contributed by atoms with Crippen molar-refractivity contribution in [2.75, 3.05) is 12.4 Å². The number of carbonyl (C=O) groups is 2. The number of urea groups is 1. The summed E-state index contributed by atoms with van der Waals surface area (Å²) in [5.41, 5.74) is 0.874. The Morgan fingerprint density at radius 3 is 2.67 bits per heavy atom. The van der Waals surface area contributed by atoms with Crippen molar-refractivity contribution in [2.24, 2.45) is 0 Å². The molecule has 5 nitrogen and oxygen atoms in total. The summed E-state index contributed by atoms with van der Waals surface area (Å²) in [6, 6.07) is 3.57. The molecule has 2 rings (SSSR count). The minimum atomic E-state index is -1.02. The van der Waals surface area contributed by atoms with Gasteiger partial charge in [0, 0.05) is 16.8 Å². The van der Waals surface area contributed by atoms with Crippen molar-refractivity contribution in [3.63, 3.8) is 0 Å². The summed E-state index contributed by atoms with van der Waals surface area (Å²) in [5, 5.41) is 14.3. The van der Waals surface area contributed by atoms with Crippen LogP contribution in [-0.2, 0) is 6.54 Å². The van der Waals surface area contributed by atoms with E-state index in [4.69, 9.17) is 0 Å². The second-order valence-electron chi connectivity index (χ2n) is 4.66. The summed E-state index contributed by atoms with van der Waals surface area (Å²) in [6.07, 6.45) is 0. The van der Waals surface area contributed by atoms with Gasteiger partial charge < -0.3 is 10.0 Å². The SMILES string of the molecule is Cc1sc(NC(=O)N(C)Cc2cccs2)c(C(=O)O)c1C. The molecule has 0 saturated carbocycles. The van der Waals surface area contributed by atoms with Gasteiger partial charge in [0.05, 0.1) is 12.1 Å². The first-order valence-corrected chi connectivity index (χ1v) is 7.97. The van der Waals surface area contributed by atoms with Crippen LogP contribution in [0.5, 0.6) is 0 Å². The number of thiophene rings is 2. The van der Waals surface area contributed by atoms with Crippen molar-refractivity contribution in [1.82, 2.24) is 4.90 Å². The van der Waals surface area contributed by atoms with Gasteiger partial charge in [0.2, 0.25) is 0 Å². The Morgan fingerprint density at radius 2 is 2.10 bits per heavy atom. The molecule has 0 aliphatic heterocycles. The number of carboxylic acids is 1. The molecule has 2 amide bonds. The number of nitrogens with one attached hydrogen (secondary N) is 1. The molecule has 0 fully saturated rings. The zero-order chi connectivity index (χ0) is 15.6. The zero-order valence-corrected chi connectivity index (χ0v) is 13.6. The standard InChI is InChI=1S/C14H16N2O3S2/c1-8-9(2)21-12(11(8)13(17)18)15-14(19)16(3)7-10-5-4-6-20-10/h4-6H,7H2,1-3H3,(H,15,19)(H,17,18). The van der Waals surface area contributed by atoms with Crippen LogP contribution in [0.2, 0.25) is 0 Å². The summed E-state index contributed by atoms with van der Waals surface area (Å²) < 4.78 is 0. The Balaban J connectivity index is 2.12. The number of carboxylic acid groups (broad SMARTS) is 1. The molecule has 0 bridgehead atoms. The zero-order valence-electron chi connectivity index (χ0n) is 12.0. The number of rotatable bonds is 4. The molecule has 2 aromatic rings. The van der Waals surface area contributed by atoms with E-state index in [1.54, 1.807) is 25.3 Å². The van der Waals surface area contributed by atoms with Crippen molar-refractivity contribution < 1.29 is 14.7 Å². The van der Waals surface area contributed by atoms with Gasteiger partial charge in [-0.2, -0.15) is 0 Å². The van der Waals surface area contributed by atoms with Crippen molar-refractivity contribution >= 4 is 39.7 Å². The van der Waals surface area contributed by atoms with Gasteiger partial charge in [-0.25, -0.2) is 9.59 Å². The summed E-state index contributed by atoms with van der Waals surface area (Å²) in [5.74, 6) is -1.02. The molecule has 0 aliphatic rings. The third kappa shape index (κ3) is 3.43. The fourth-order valence-electron chi connectivity index (χ4n) is 1.87. The molecule has 2 heterocycles. The van der Waals surface area contributed by atoms with E-state index in [-0.39, 0.29) is 11.6 Å². The molecule has 0 atom stereocenters. The minimum absolute atomic E-state index is 0.176. The second-order valence-corrected chi connectivity index (χ2v) is 6.92. The number of carbonyl (C=O) groups excluding carboxylic acids is 1. The van der Waals surface area contributed by atoms with Gasteiger partial charge in [-0.3, -0.25) is 5.32 Å². The number of amides is 2. The number of nitrogens with zero attached hydrogens (tertiary/aromatic N) is 1. The predicted molar refractivity (Wildman–Crippen MR) is 85.6 cm³/mol. The summed E-state index contributed by atoms with van der Waals surface area (Å²) in [6.45, 7) is 4.09. The van der Waals surface area contributed by atoms with Crippen LogP contribution < -0.4 is 5.32 Å². The first-order valence-electron chi connectivity index (χ1n) is 6.28. The lowest BCUT2D eigenvalue weighted by atomic mass is 10.1. The van der Waals surface area contributed by atoms with Crippen LogP contribution in [0.15, 0.2) is 17.5 Å². The topological polar surface area (TPSA) is 69.6 Å². The smallest absolute Gasteiger partial charge is 0.338 e. The van der Waals surface area contributed by atoms with E-state index in [9.17, 15) is 14.7 Å². The normalized spacial score (nSPS) is 10.4. The van der Waals surface area contributed by atoms with E-state index in [0.29, 0.717) is 17.1 Å². The molecule has 0 aliphatic carbocycles. The highest BCUT2D eigenvalue weighted by molar-refractivity contribution is 7.16. The molecule has 21 heavy (non-hydrogen) atoms. The van der Waals surface area contributed by atoms with Crippen molar-refractivity contribution in [3.8, 4) is 0 Å². The Bertz CT molecular complexity index is 662. The largest absolute Gasteiger partial charge is 0.478 e. The predicted octanol–water partition coefficient (Wildman–Crippen LogP) is 3.79. The van der Waals surface area contributed by atoms with Crippen LogP contribution in [0.25, 0.3) is 0 Å². The molecule has 2 N–H and O–H groups in total. The number of anilines is 1. The van der Waals surface area contributed by atoms with Gasteiger partial charge in [0.25, 0.3) is 0 Å². The number of hydrogen-bond donors (Lipinski definition) is 2. The van der Waals surface area contributed by atoms with Gasteiger partial charge >= 0.3 is 12.0 Å². The second kappa shape index (κ2) is 6.28. The summed E-state index contributed by atoms with van der Waals surface area (Å²) in [4.78, 5) is 27.0.